The molecule has 1 saturated carbocycles. The third kappa shape index (κ3) is 1.96. The van der Waals surface area contributed by atoms with E-state index in [1.807, 2.05) is 18.2 Å². The van der Waals surface area contributed by atoms with Crippen LogP contribution in [0.4, 0.5) is 5.69 Å². The molecule has 4 heteroatoms. The maximum Gasteiger partial charge on any atom is 0.0992 e. The summed E-state index contributed by atoms with van der Waals surface area (Å²) in [4.78, 5) is 0. The maximum absolute atomic E-state index is 8.89. The van der Waals surface area contributed by atoms with Crippen molar-refractivity contribution in [3.8, 4) is 6.07 Å². The van der Waals surface area contributed by atoms with E-state index in [0.717, 1.165) is 23.2 Å². The monoisotopic (exact) mass is 320 g/mol. The topological polar surface area (TPSA) is 45.0 Å². The number of ether oxygens (including phenoxy) is 1. The quantitative estimate of drug-likeness (QED) is 0.906. The zero-order valence-corrected chi connectivity index (χ0v) is 12.7. The van der Waals surface area contributed by atoms with Gasteiger partial charge in [-0.1, -0.05) is 13.8 Å². The van der Waals surface area contributed by atoms with Gasteiger partial charge in [0.2, 0.25) is 0 Å². The lowest BCUT2D eigenvalue weighted by Gasteiger charge is -2.55. The largest absolute Gasteiger partial charge is 0.380 e. The molecule has 1 heterocycles. The van der Waals surface area contributed by atoms with Gasteiger partial charge in [0.25, 0.3) is 0 Å². The van der Waals surface area contributed by atoms with E-state index in [2.05, 4.69) is 41.2 Å². The van der Waals surface area contributed by atoms with Crippen LogP contribution in [0.25, 0.3) is 0 Å². The molecule has 19 heavy (non-hydrogen) atoms. The van der Waals surface area contributed by atoms with Crippen LogP contribution >= 0.6 is 15.9 Å². The first kappa shape index (κ1) is 13.0. The van der Waals surface area contributed by atoms with E-state index in [-0.39, 0.29) is 5.41 Å². The van der Waals surface area contributed by atoms with E-state index in [4.69, 9.17) is 10.00 Å². The van der Waals surface area contributed by atoms with Crippen LogP contribution in [0.1, 0.15) is 25.8 Å². The van der Waals surface area contributed by atoms with Crippen LogP contribution in [-0.4, -0.2) is 18.8 Å². The molecule has 1 saturated heterocycles. The van der Waals surface area contributed by atoms with E-state index in [9.17, 15) is 0 Å². The van der Waals surface area contributed by atoms with Crippen LogP contribution < -0.4 is 5.32 Å². The third-order valence-corrected chi connectivity index (χ3v) is 5.17. The van der Waals surface area contributed by atoms with Gasteiger partial charge in [0, 0.05) is 34.1 Å². The van der Waals surface area contributed by atoms with Crippen molar-refractivity contribution in [3.63, 3.8) is 0 Å². The minimum Gasteiger partial charge on any atom is -0.380 e. The van der Waals surface area contributed by atoms with Gasteiger partial charge in [-0.15, -0.1) is 0 Å². The fourth-order valence-electron chi connectivity index (χ4n) is 3.49. The normalized spacial score (nSPS) is 31.2. The van der Waals surface area contributed by atoms with Crippen molar-refractivity contribution in [1.82, 2.24) is 0 Å². The molecular weight excluding hydrogens is 304 g/mol. The van der Waals surface area contributed by atoms with Gasteiger partial charge < -0.3 is 10.1 Å². The first-order chi connectivity index (χ1) is 9.04. The van der Waals surface area contributed by atoms with Crippen LogP contribution in [0.5, 0.6) is 0 Å². The Morgan fingerprint density at radius 1 is 1.47 bits per heavy atom. The van der Waals surface area contributed by atoms with Gasteiger partial charge in [0.05, 0.1) is 17.7 Å². The highest BCUT2D eigenvalue weighted by atomic mass is 79.9. The Morgan fingerprint density at radius 2 is 2.26 bits per heavy atom. The average molecular weight is 321 g/mol. The van der Waals surface area contributed by atoms with Gasteiger partial charge in [-0.05, 0) is 40.5 Å². The number of fused-ring (bicyclic) bond motifs is 1. The Balaban J connectivity index is 1.81. The Bertz CT molecular complexity index is 550. The summed E-state index contributed by atoms with van der Waals surface area (Å²) in [5, 5.41) is 12.5. The Kier molecular flexibility index (Phi) is 3.07. The van der Waals surface area contributed by atoms with Crippen LogP contribution in [0.15, 0.2) is 22.7 Å². The number of hydrogen-bond acceptors (Lipinski definition) is 3. The van der Waals surface area contributed by atoms with Crippen molar-refractivity contribution in [1.29, 1.82) is 5.26 Å². The molecule has 0 amide bonds. The van der Waals surface area contributed by atoms with Crippen molar-refractivity contribution in [2.24, 2.45) is 11.3 Å². The van der Waals surface area contributed by atoms with E-state index >= 15 is 0 Å². The van der Waals surface area contributed by atoms with Gasteiger partial charge in [-0.3, -0.25) is 0 Å². The number of hydrogen-bond donors (Lipinski definition) is 1. The fraction of sp³-hybridized carbons (Fsp3) is 0.533. The maximum atomic E-state index is 8.89. The molecule has 100 valence electrons. The number of nitriles is 1. The second-order valence-electron chi connectivity index (χ2n) is 5.99. The lowest BCUT2D eigenvalue weighted by Crippen LogP contribution is -2.63. The highest BCUT2D eigenvalue weighted by Crippen LogP contribution is 2.53. The predicted molar refractivity (Wildman–Crippen MR) is 77.9 cm³/mol. The van der Waals surface area contributed by atoms with Gasteiger partial charge in [-0.2, -0.15) is 5.26 Å². The highest BCUT2D eigenvalue weighted by molar-refractivity contribution is 9.10. The second kappa shape index (κ2) is 4.50. The first-order valence-electron chi connectivity index (χ1n) is 6.62. The molecule has 1 aliphatic carbocycles. The number of nitrogens with one attached hydrogen (secondary N) is 1. The minimum atomic E-state index is 0.161. The summed E-state index contributed by atoms with van der Waals surface area (Å²) in [5.74, 6) is 0.609. The molecule has 1 aliphatic heterocycles. The minimum absolute atomic E-state index is 0.161. The summed E-state index contributed by atoms with van der Waals surface area (Å²) in [6.07, 6.45) is 1.53. The van der Waals surface area contributed by atoms with Gasteiger partial charge in [0.15, 0.2) is 0 Å². The molecule has 1 aromatic rings. The fourth-order valence-corrected chi connectivity index (χ4v) is 3.98. The van der Waals surface area contributed by atoms with Crippen LogP contribution in [0.3, 0.4) is 0 Å². The second-order valence-corrected chi connectivity index (χ2v) is 6.85. The van der Waals surface area contributed by atoms with Crippen LogP contribution in [0.2, 0.25) is 0 Å². The lowest BCUT2D eigenvalue weighted by atomic mass is 9.57. The van der Waals surface area contributed by atoms with Gasteiger partial charge in [-0.25, -0.2) is 0 Å². The van der Waals surface area contributed by atoms with Crippen molar-refractivity contribution in [2.75, 3.05) is 11.9 Å². The summed E-state index contributed by atoms with van der Waals surface area (Å²) < 4.78 is 6.76. The molecule has 3 atom stereocenters. The molecule has 1 N–H and O–H groups in total. The van der Waals surface area contributed by atoms with Crippen LogP contribution in [-0.2, 0) is 4.74 Å². The molecular formula is C15H17BrN2O. The summed E-state index contributed by atoms with van der Waals surface area (Å²) in [5.41, 5.74) is 1.89. The Morgan fingerprint density at radius 3 is 2.95 bits per heavy atom. The van der Waals surface area contributed by atoms with E-state index in [1.54, 1.807) is 0 Å². The summed E-state index contributed by atoms with van der Waals surface area (Å²) in [7, 11) is 0. The Labute approximate surface area is 122 Å². The molecule has 2 aliphatic rings. The number of halogens is 1. The molecule has 1 aromatic carbocycles. The summed E-state index contributed by atoms with van der Waals surface area (Å²) in [6, 6.07) is 8.27. The molecule has 0 aromatic heterocycles. The van der Waals surface area contributed by atoms with Crippen molar-refractivity contribution in [2.45, 2.75) is 32.4 Å². The number of anilines is 1. The molecule has 0 bridgehead atoms. The average Bonchev–Trinajstić information content (AvgIpc) is 2.83. The standard InChI is InChI=1S/C15H17BrN2O/c1-15(2)13(10-5-6-19-14(10)15)18-12-4-3-9(8-17)7-11(12)16/h3-4,7,10,13-14,18H,5-6H2,1-2H3. The van der Waals surface area contributed by atoms with Crippen molar-refractivity contribution >= 4 is 21.6 Å². The molecule has 3 unspecified atom stereocenters. The number of benzene rings is 1. The third-order valence-electron chi connectivity index (χ3n) is 4.51. The van der Waals surface area contributed by atoms with E-state index < -0.39 is 0 Å². The molecule has 0 radical (unpaired) electrons. The SMILES string of the molecule is CC1(C)C(Nc2ccc(C#N)cc2Br)C2CCOC21. The summed E-state index contributed by atoms with van der Waals surface area (Å²) in [6.45, 7) is 5.40. The van der Waals surface area contributed by atoms with Crippen molar-refractivity contribution in [3.05, 3.63) is 28.2 Å². The predicted octanol–water partition coefficient (Wildman–Crippen LogP) is 3.55. The first-order valence-corrected chi connectivity index (χ1v) is 7.41. The zero-order chi connectivity index (χ0) is 13.6. The molecule has 3 nitrogen and oxygen atoms in total. The van der Waals surface area contributed by atoms with E-state index in [1.165, 1.54) is 0 Å². The zero-order valence-electron chi connectivity index (χ0n) is 11.1. The smallest absolute Gasteiger partial charge is 0.0992 e. The highest BCUT2D eigenvalue weighted by Gasteiger charge is 2.59. The van der Waals surface area contributed by atoms with Gasteiger partial charge in [0.1, 0.15) is 0 Å². The lowest BCUT2D eigenvalue weighted by molar-refractivity contribution is -0.0923. The number of rotatable bonds is 2. The Hall–Kier alpha value is -1.05. The molecule has 3 rings (SSSR count). The molecule has 2 fully saturated rings. The number of nitrogens with zero attached hydrogens (tertiary/aromatic N) is 1. The van der Waals surface area contributed by atoms with Crippen LogP contribution in [0, 0.1) is 22.7 Å². The van der Waals surface area contributed by atoms with Crippen molar-refractivity contribution < 1.29 is 4.74 Å². The summed E-state index contributed by atoms with van der Waals surface area (Å²) >= 11 is 3.53. The van der Waals surface area contributed by atoms with E-state index in [0.29, 0.717) is 23.6 Å². The van der Waals surface area contributed by atoms with Gasteiger partial charge >= 0.3 is 0 Å². The molecule has 0 spiro atoms.